The summed E-state index contributed by atoms with van der Waals surface area (Å²) in [5.41, 5.74) is 2.55. The van der Waals surface area contributed by atoms with Crippen LogP contribution >= 0.6 is 11.3 Å². The van der Waals surface area contributed by atoms with Gasteiger partial charge in [0, 0.05) is 10.9 Å². The van der Waals surface area contributed by atoms with E-state index in [2.05, 4.69) is 15.6 Å². The van der Waals surface area contributed by atoms with Crippen molar-refractivity contribution in [2.75, 3.05) is 10.6 Å². The molecule has 3 rings (SSSR count). The molecule has 0 aliphatic carbocycles. The number of thiazole rings is 1. The number of nitrogens with one attached hydrogen (secondary N) is 2. The molecular weight excluding hydrogens is 375 g/mol. The summed E-state index contributed by atoms with van der Waals surface area (Å²) in [6, 6.07) is 10.00. The van der Waals surface area contributed by atoms with Gasteiger partial charge in [-0.05, 0) is 37.6 Å². The van der Waals surface area contributed by atoms with Crippen molar-refractivity contribution in [2.45, 2.75) is 20.0 Å². The molecule has 0 bridgehead atoms. The number of urea groups is 1. The first kappa shape index (κ1) is 18.9. The summed E-state index contributed by atoms with van der Waals surface area (Å²) in [6.07, 6.45) is -4.55. The Hall–Kier alpha value is -2.87. The SMILES string of the molecule is Cc1ccc(C)c(-c2csc(NC(=O)Nc3ccccc3C(F)(F)F)n2)c1. The van der Waals surface area contributed by atoms with Gasteiger partial charge in [-0.3, -0.25) is 5.32 Å². The number of rotatable bonds is 3. The van der Waals surface area contributed by atoms with Crippen molar-refractivity contribution < 1.29 is 18.0 Å². The lowest BCUT2D eigenvalue weighted by Crippen LogP contribution is -2.21. The maximum absolute atomic E-state index is 13.0. The third-order valence-corrected chi connectivity index (χ3v) is 4.63. The first-order valence-corrected chi connectivity index (χ1v) is 8.89. The summed E-state index contributed by atoms with van der Waals surface area (Å²) in [5, 5.41) is 6.81. The topological polar surface area (TPSA) is 54.0 Å². The molecule has 0 aliphatic heterocycles. The number of aryl methyl sites for hydroxylation is 2. The number of aromatic nitrogens is 1. The van der Waals surface area contributed by atoms with Crippen molar-refractivity contribution in [2.24, 2.45) is 0 Å². The maximum atomic E-state index is 13.0. The van der Waals surface area contributed by atoms with Gasteiger partial charge in [0.05, 0.1) is 16.9 Å². The van der Waals surface area contributed by atoms with Crippen molar-refractivity contribution in [1.29, 1.82) is 0 Å². The highest BCUT2D eigenvalue weighted by atomic mass is 32.1. The minimum atomic E-state index is -4.55. The lowest BCUT2D eigenvalue weighted by molar-refractivity contribution is -0.136. The molecule has 1 heterocycles. The molecule has 4 nitrogen and oxygen atoms in total. The number of amides is 2. The van der Waals surface area contributed by atoms with Gasteiger partial charge in [0.1, 0.15) is 0 Å². The van der Waals surface area contributed by atoms with Gasteiger partial charge >= 0.3 is 12.2 Å². The van der Waals surface area contributed by atoms with Gasteiger partial charge in [-0.1, -0.05) is 29.8 Å². The number of hydrogen-bond acceptors (Lipinski definition) is 3. The van der Waals surface area contributed by atoms with E-state index >= 15 is 0 Å². The van der Waals surface area contributed by atoms with E-state index in [0.717, 1.165) is 22.8 Å². The van der Waals surface area contributed by atoms with E-state index in [9.17, 15) is 18.0 Å². The smallest absolute Gasteiger partial charge is 0.307 e. The Kier molecular flexibility index (Phi) is 5.18. The van der Waals surface area contributed by atoms with Gasteiger partial charge in [0.15, 0.2) is 5.13 Å². The molecule has 1 aromatic heterocycles. The van der Waals surface area contributed by atoms with Gasteiger partial charge in [0.2, 0.25) is 0 Å². The molecule has 140 valence electrons. The van der Waals surface area contributed by atoms with E-state index in [0.29, 0.717) is 10.8 Å². The standard InChI is InChI=1S/C19H16F3N3OS/c1-11-7-8-12(2)13(9-11)16-10-27-18(24-16)25-17(26)23-15-6-4-3-5-14(15)19(20,21)22/h3-10H,1-2H3,(H2,23,24,25,26). The molecule has 27 heavy (non-hydrogen) atoms. The van der Waals surface area contributed by atoms with Crippen LogP contribution in [-0.4, -0.2) is 11.0 Å². The van der Waals surface area contributed by atoms with E-state index in [1.54, 1.807) is 5.38 Å². The molecule has 0 aliphatic rings. The predicted molar refractivity (Wildman–Crippen MR) is 101 cm³/mol. The van der Waals surface area contributed by atoms with Gasteiger partial charge in [-0.2, -0.15) is 13.2 Å². The van der Waals surface area contributed by atoms with E-state index < -0.39 is 17.8 Å². The number of carbonyl (C=O) groups excluding carboxylic acids is 1. The van der Waals surface area contributed by atoms with Gasteiger partial charge in [0.25, 0.3) is 0 Å². The van der Waals surface area contributed by atoms with E-state index in [-0.39, 0.29) is 5.69 Å². The van der Waals surface area contributed by atoms with E-state index in [1.165, 1.54) is 29.5 Å². The van der Waals surface area contributed by atoms with Crippen LogP contribution in [0.5, 0.6) is 0 Å². The molecular formula is C19H16F3N3OS. The number of anilines is 2. The Morgan fingerprint density at radius 1 is 1.07 bits per heavy atom. The van der Waals surface area contributed by atoms with Crippen molar-refractivity contribution >= 4 is 28.2 Å². The molecule has 0 fully saturated rings. The average molecular weight is 391 g/mol. The van der Waals surface area contributed by atoms with E-state index in [1.807, 2.05) is 32.0 Å². The molecule has 0 radical (unpaired) electrons. The fourth-order valence-corrected chi connectivity index (χ4v) is 3.26. The second kappa shape index (κ2) is 7.40. The Morgan fingerprint density at radius 2 is 1.81 bits per heavy atom. The average Bonchev–Trinajstić information content (AvgIpc) is 3.04. The molecule has 0 saturated carbocycles. The second-order valence-corrected chi connectivity index (χ2v) is 6.84. The van der Waals surface area contributed by atoms with Crippen LogP contribution in [0.2, 0.25) is 0 Å². The van der Waals surface area contributed by atoms with Crippen LogP contribution in [0, 0.1) is 13.8 Å². The quantitative estimate of drug-likeness (QED) is 0.568. The normalized spacial score (nSPS) is 11.3. The molecule has 3 aromatic rings. The summed E-state index contributed by atoms with van der Waals surface area (Å²) in [4.78, 5) is 16.5. The highest BCUT2D eigenvalue weighted by molar-refractivity contribution is 7.14. The summed E-state index contributed by atoms with van der Waals surface area (Å²) in [5.74, 6) is 0. The number of alkyl halides is 3. The minimum Gasteiger partial charge on any atom is -0.307 e. The molecule has 0 spiro atoms. The van der Waals surface area contributed by atoms with Crippen LogP contribution in [0.25, 0.3) is 11.3 Å². The van der Waals surface area contributed by atoms with Crippen molar-refractivity contribution in [1.82, 2.24) is 4.98 Å². The summed E-state index contributed by atoms with van der Waals surface area (Å²) >= 11 is 1.20. The number of hydrogen-bond donors (Lipinski definition) is 2. The first-order chi connectivity index (χ1) is 12.7. The zero-order valence-corrected chi connectivity index (χ0v) is 15.3. The first-order valence-electron chi connectivity index (χ1n) is 8.01. The van der Waals surface area contributed by atoms with Gasteiger partial charge < -0.3 is 5.32 Å². The molecule has 0 saturated heterocycles. The van der Waals surface area contributed by atoms with Crippen LogP contribution in [0.1, 0.15) is 16.7 Å². The highest BCUT2D eigenvalue weighted by Crippen LogP contribution is 2.34. The molecule has 0 unspecified atom stereocenters. The number of carbonyl (C=O) groups is 1. The largest absolute Gasteiger partial charge is 0.418 e. The highest BCUT2D eigenvalue weighted by Gasteiger charge is 2.33. The molecule has 2 amide bonds. The summed E-state index contributed by atoms with van der Waals surface area (Å²) in [6.45, 7) is 3.93. The number of benzene rings is 2. The van der Waals surface area contributed by atoms with Crippen LogP contribution in [-0.2, 0) is 6.18 Å². The molecule has 2 N–H and O–H groups in total. The van der Waals surface area contributed by atoms with Crippen molar-refractivity contribution in [3.8, 4) is 11.3 Å². The Morgan fingerprint density at radius 3 is 2.56 bits per heavy atom. The zero-order chi connectivity index (χ0) is 19.6. The van der Waals surface area contributed by atoms with Crippen LogP contribution in [0.15, 0.2) is 47.8 Å². The van der Waals surface area contributed by atoms with Crippen molar-refractivity contribution in [3.63, 3.8) is 0 Å². The monoisotopic (exact) mass is 391 g/mol. The zero-order valence-electron chi connectivity index (χ0n) is 14.5. The lowest BCUT2D eigenvalue weighted by Gasteiger charge is -2.13. The second-order valence-electron chi connectivity index (χ2n) is 5.98. The Bertz CT molecular complexity index is 982. The maximum Gasteiger partial charge on any atom is 0.418 e. The predicted octanol–water partition coefficient (Wildman–Crippen LogP) is 6.09. The molecule has 2 aromatic carbocycles. The van der Waals surface area contributed by atoms with Crippen LogP contribution in [0.4, 0.5) is 28.8 Å². The van der Waals surface area contributed by atoms with Crippen LogP contribution < -0.4 is 10.6 Å². The summed E-state index contributed by atoms with van der Waals surface area (Å²) in [7, 11) is 0. The van der Waals surface area contributed by atoms with Gasteiger partial charge in [-0.15, -0.1) is 11.3 Å². The fraction of sp³-hybridized carbons (Fsp3) is 0.158. The molecule has 0 atom stereocenters. The minimum absolute atomic E-state index is 0.299. The summed E-state index contributed by atoms with van der Waals surface area (Å²) < 4.78 is 39.0. The third-order valence-electron chi connectivity index (χ3n) is 3.87. The number of para-hydroxylation sites is 1. The third kappa shape index (κ3) is 4.46. The lowest BCUT2D eigenvalue weighted by atomic mass is 10.0. The van der Waals surface area contributed by atoms with Crippen molar-refractivity contribution in [3.05, 3.63) is 64.5 Å². The number of halogens is 3. The molecule has 8 heteroatoms. The van der Waals surface area contributed by atoms with E-state index in [4.69, 9.17) is 0 Å². The number of nitrogens with zero attached hydrogens (tertiary/aromatic N) is 1. The Labute approximate surface area is 158 Å². The Balaban J connectivity index is 1.75. The fourth-order valence-electron chi connectivity index (χ4n) is 2.56. The van der Waals surface area contributed by atoms with Gasteiger partial charge in [-0.25, -0.2) is 9.78 Å². The van der Waals surface area contributed by atoms with Crippen LogP contribution in [0.3, 0.4) is 0 Å².